The molecule has 1 nitrogen and oxygen atoms in total. The topological polar surface area (TPSA) is 3.88 Å². The summed E-state index contributed by atoms with van der Waals surface area (Å²) in [6.45, 7) is 0. The molecule has 0 unspecified atom stereocenters. The van der Waals surface area contributed by atoms with Crippen LogP contribution >= 0.6 is 0 Å². The van der Waals surface area contributed by atoms with Gasteiger partial charge in [-0.05, 0) is 31.2 Å². The fraction of sp³-hybridized carbons (Fsp3) is 0.688. The average Bonchev–Trinajstić information content (AvgIpc) is 2.31. The van der Waals surface area contributed by atoms with Gasteiger partial charge in [-0.2, -0.15) is 0 Å². The molecule has 1 heteroatoms. The van der Waals surface area contributed by atoms with E-state index < -0.39 is 0 Å². The van der Waals surface area contributed by atoms with E-state index in [1.807, 2.05) is 0 Å². The van der Waals surface area contributed by atoms with Gasteiger partial charge in [-0.25, -0.2) is 4.57 Å². The van der Waals surface area contributed by atoms with E-state index in [0.717, 1.165) is 0 Å². The van der Waals surface area contributed by atoms with Crippen LogP contribution < -0.4 is 4.57 Å². The van der Waals surface area contributed by atoms with E-state index in [1.54, 1.807) is 11.1 Å². The molecule has 0 bridgehead atoms. The second-order valence-electron chi connectivity index (χ2n) is 5.49. The molecular weight excluding hydrogens is 206 g/mol. The van der Waals surface area contributed by atoms with Crippen LogP contribution in [0.15, 0.2) is 18.5 Å². The van der Waals surface area contributed by atoms with E-state index in [9.17, 15) is 0 Å². The van der Waals surface area contributed by atoms with Crippen LogP contribution in [0.5, 0.6) is 0 Å². The van der Waals surface area contributed by atoms with Gasteiger partial charge in [-0.15, -0.1) is 0 Å². The Bertz CT molecular complexity index is 343. The van der Waals surface area contributed by atoms with E-state index in [2.05, 4.69) is 30.1 Å². The molecule has 0 atom stereocenters. The SMILES string of the molecule is C[n+]1ccc2c(c1)CCCCCCCCCC2. The van der Waals surface area contributed by atoms with Crippen LogP contribution in [-0.4, -0.2) is 0 Å². The molecule has 1 aromatic rings. The Hall–Kier alpha value is -0.850. The van der Waals surface area contributed by atoms with Crippen molar-refractivity contribution in [3.8, 4) is 0 Å². The van der Waals surface area contributed by atoms with E-state index >= 15 is 0 Å². The van der Waals surface area contributed by atoms with Crippen molar-refractivity contribution in [3.05, 3.63) is 29.6 Å². The molecule has 0 spiro atoms. The molecule has 94 valence electrons. The van der Waals surface area contributed by atoms with Gasteiger partial charge in [0.15, 0.2) is 12.4 Å². The fourth-order valence-corrected chi connectivity index (χ4v) is 2.85. The molecular formula is C16H26N+. The predicted octanol–water partition coefficient (Wildman–Crippen LogP) is 3.73. The molecule has 0 fully saturated rings. The summed E-state index contributed by atoms with van der Waals surface area (Å²) < 4.78 is 2.20. The molecule has 2 rings (SSSR count). The van der Waals surface area contributed by atoms with Gasteiger partial charge in [0.2, 0.25) is 0 Å². The number of nitrogens with zero attached hydrogens (tertiary/aromatic N) is 1. The summed E-state index contributed by atoms with van der Waals surface area (Å²) in [4.78, 5) is 0. The van der Waals surface area contributed by atoms with Crippen LogP contribution in [0.3, 0.4) is 0 Å². The molecule has 0 radical (unpaired) electrons. The third kappa shape index (κ3) is 4.14. The zero-order valence-corrected chi connectivity index (χ0v) is 11.3. The Morgan fingerprint density at radius 1 is 0.765 bits per heavy atom. The van der Waals surface area contributed by atoms with E-state index in [0.29, 0.717) is 0 Å². The molecule has 0 aromatic carbocycles. The molecule has 0 amide bonds. The maximum atomic E-state index is 2.33. The molecule has 0 aliphatic heterocycles. The molecule has 1 aromatic heterocycles. The zero-order valence-electron chi connectivity index (χ0n) is 11.3. The molecule has 1 heterocycles. The van der Waals surface area contributed by atoms with Gasteiger partial charge in [-0.3, -0.25) is 0 Å². The number of aromatic nitrogens is 1. The number of hydrogen-bond acceptors (Lipinski definition) is 0. The maximum absolute atomic E-state index is 2.33. The fourth-order valence-electron chi connectivity index (χ4n) is 2.85. The highest BCUT2D eigenvalue weighted by Gasteiger charge is 2.08. The number of hydrogen-bond donors (Lipinski definition) is 0. The molecule has 0 N–H and O–H groups in total. The van der Waals surface area contributed by atoms with E-state index in [-0.39, 0.29) is 0 Å². The highest BCUT2D eigenvalue weighted by molar-refractivity contribution is 5.21. The number of pyridine rings is 1. The lowest BCUT2D eigenvalue weighted by Crippen LogP contribution is -2.28. The lowest BCUT2D eigenvalue weighted by Gasteiger charge is -2.10. The lowest BCUT2D eigenvalue weighted by molar-refractivity contribution is -0.672. The first-order valence-corrected chi connectivity index (χ1v) is 7.33. The highest BCUT2D eigenvalue weighted by Crippen LogP contribution is 2.17. The quantitative estimate of drug-likeness (QED) is 0.600. The summed E-state index contributed by atoms with van der Waals surface area (Å²) in [7, 11) is 2.14. The minimum absolute atomic E-state index is 1.28. The van der Waals surface area contributed by atoms with E-state index in [1.165, 1.54) is 64.2 Å². The maximum Gasteiger partial charge on any atom is 0.171 e. The summed E-state index contributed by atoms with van der Waals surface area (Å²) in [6.07, 6.45) is 18.5. The van der Waals surface area contributed by atoms with Crippen LogP contribution in [0, 0.1) is 0 Å². The van der Waals surface area contributed by atoms with Crippen molar-refractivity contribution in [2.45, 2.75) is 64.2 Å². The van der Waals surface area contributed by atoms with Crippen LogP contribution in [0.4, 0.5) is 0 Å². The first-order chi connectivity index (χ1) is 8.36. The van der Waals surface area contributed by atoms with Crippen LogP contribution in [0.25, 0.3) is 0 Å². The molecule has 1 aliphatic rings. The minimum Gasteiger partial charge on any atom is -0.208 e. The third-order valence-electron chi connectivity index (χ3n) is 3.93. The van der Waals surface area contributed by atoms with Crippen molar-refractivity contribution in [2.75, 3.05) is 0 Å². The van der Waals surface area contributed by atoms with Gasteiger partial charge in [-0.1, -0.05) is 38.5 Å². The van der Waals surface area contributed by atoms with Crippen molar-refractivity contribution in [3.63, 3.8) is 0 Å². The Balaban J connectivity index is 2.05. The largest absolute Gasteiger partial charge is 0.208 e. The first kappa shape index (κ1) is 12.6. The van der Waals surface area contributed by atoms with Gasteiger partial charge < -0.3 is 0 Å². The number of fused-ring (bicyclic) bond motifs is 1. The van der Waals surface area contributed by atoms with Gasteiger partial charge >= 0.3 is 0 Å². The van der Waals surface area contributed by atoms with Crippen molar-refractivity contribution in [1.29, 1.82) is 0 Å². The molecule has 0 saturated heterocycles. The van der Waals surface area contributed by atoms with Crippen molar-refractivity contribution >= 4 is 0 Å². The number of aryl methyl sites for hydroxylation is 3. The third-order valence-corrected chi connectivity index (χ3v) is 3.93. The van der Waals surface area contributed by atoms with Gasteiger partial charge in [0.25, 0.3) is 0 Å². The Morgan fingerprint density at radius 3 is 1.94 bits per heavy atom. The standard InChI is InChI=1S/C16H26N/c1-17-13-12-15-10-8-6-4-2-3-5-7-9-11-16(15)14-17/h12-14H,2-11H2,1H3/q+1. The zero-order chi connectivity index (χ0) is 11.9. The first-order valence-electron chi connectivity index (χ1n) is 7.33. The highest BCUT2D eigenvalue weighted by atomic mass is 14.9. The normalized spacial score (nSPS) is 18.9. The molecule has 1 aliphatic carbocycles. The Morgan fingerprint density at radius 2 is 1.29 bits per heavy atom. The molecule has 17 heavy (non-hydrogen) atoms. The van der Waals surface area contributed by atoms with Crippen LogP contribution in [0.1, 0.15) is 62.5 Å². The molecule has 0 saturated carbocycles. The van der Waals surface area contributed by atoms with Crippen LogP contribution in [0.2, 0.25) is 0 Å². The Labute approximate surface area is 106 Å². The monoisotopic (exact) mass is 232 g/mol. The van der Waals surface area contributed by atoms with E-state index in [4.69, 9.17) is 0 Å². The Kier molecular flexibility index (Phi) is 5.03. The van der Waals surface area contributed by atoms with Crippen LogP contribution in [-0.2, 0) is 19.9 Å². The average molecular weight is 232 g/mol. The van der Waals surface area contributed by atoms with Gasteiger partial charge in [0, 0.05) is 11.6 Å². The van der Waals surface area contributed by atoms with Crippen molar-refractivity contribution in [2.24, 2.45) is 7.05 Å². The predicted molar refractivity (Wildman–Crippen MR) is 72.0 cm³/mol. The van der Waals surface area contributed by atoms with Gasteiger partial charge in [0.05, 0.1) is 0 Å². The number of rotatable bonds is 0. The van der Waals surface area contributed by atoms with Crippen molar-refractivity contribution in [1.82, 2.24) is 0 Å². The summed E-state index contributed by atoms with van der Waals surface area (Å²) in [5, 5.41) is 0. The summed E-state index contributed by atoms with van der Waals surface area (Å²) in [5.41, 5.74) is 3.19. The minimum atomic E-state index is 1.28. The lowest BCUT2D eigenvalue weighted by atomic mass is 9.96. The smallest absolute Gasteiger partial charge is 0.171 e. The summed E-state index contributed by atoms with van der Waals surface area (Å²) in [5.74, 6) is 0. The van der Waals surface area contributed by atoms with Crippen molar-refractivity contribution < 1.29 is 4.57 Å². The van der Waals surface area contributed by atoms with Gasteiger partial charge in [0.1, 0.15) is 7.05 Å². The second-order valence-corrected chi connectivity index (χ2v) is 5.49. The summed E-state index contributed by atoms with van der Waals surface area (Å²) in [6, 6.07) is 2.33. The summed E-state index contributed by atoms with van der Waals surface area (Å²) >= 11 is 0. The second kappa shape index (κ2) is 6.78.